The van der Waals surface area contributed by atoms with Gasteiger partial charge in [0.25, 0.3) is 0 Å². The maximum absolute atomic E-state index is 7.15. The van der Waals surface area contributed by atoms with Gasteiger partial charge >= 0.3 is 0 Å². The first kappa shape index (κ1) is 48.4. The van der Waals surface area contributed by atoms with Gasteiger partial charge < -0.3 is 14.5 Å². The fraction of sp³-hybridized carbons (Fsp3) is 0.338. The highest BCUT2D eigenvalue weighted by Gasteiger charge is 2.29. The summed E-state index contributed by atoms with van der Waals surface area (Å²) < 4.78 is 9.47. The summed E-state index contributed by atoms with van der Waals surface area (Å²) in [5, 5.41) is 2.38. The van der Waals surface area contributed by atoms with Gasteiger partial charge in [-0.2, -0.15) is 0 Å². The largest absolute Gasteiger partial charge is 0.457 e. The van der Waals surface area contributed by atoms with Crippen LogP contribution in [0.15, 0.2) is 152 Å². The van der Waals surface area contributed by atoms with Crippen LogP contribution in [0.4, 0.5) is 11.4 Å². The summed E-state index contributed by atoms with van der Waals surface area (Å²) in [5.41, 5.74) is 15.8. The van der Waals surface area contributed by atoms with E-state index in [1.54, 1.807) is 0 Å². The first-order valence-corrected chi connectivity index (χ1v) is 25.4. The lowest BCUT2D eigenvalue weighted by Gasteiger charge is -2.31. The monoisotopic (exact) mass is 927 g/mol. The molecule has 0 spiro atoms. The molecule has 1 aliphatic heterocycles. The van der Waals surface area contributed by atoms with Crippen molar-refractivity contribution >= 4 is 33.2 Å². The van der Waals surface area contributed by atoms with Crippen molar-refractivity contribution in [3.8, 4) is 28.4 Å². The lowest BCUT2D eigenvalue weighted by molar-refractivity contribution is 0.483. The highest BCUT2D eigenvalue weighted by molar-refractivity contribution is 6.09. The summed E-state index contributed by atoms with van der Waals surface area (Å²) in [6.07, 6.45) is 6.41. The third kappa shape index (κ3) is 9.40. The molecule has 5 heteroatoms. The van der Waals surface area contributed by atoms with Gasteiger partial charge in [0.2, 0.25) is 0 Å². The van der Waals surface area contributed by atoms with Gasteiger partial charge in [0, 0.05) is 58.3 Å². The maximum atomic E-state index is 7.15. The smallest absolute Gasteiger partial charge is 0.137 e. The van der Waals surface area contributed by atoms with E-state index in [9.17, 15) is 0 Å². The predicted molar refractivity (Wildman–Crippen MR) is 299 cm³/mol. The average molecular weight is 927 g/mol. The molecule has 9 rings (SSSR count). The Balaban J connectivity index is 1.17. The maximum Gasteiger partial charge on any atom is 0.137 e. The number of pyridine rings is 1. The zero-order valence-electron chi connectivity index (χ0n) is 44.5. The predicted octanol–water partition coefficient (Wildman–Crippen LogP) is 17.9. The molecule has 1 aliphatic rings. The van der Waals surface area contributed by atoms with E-state index in [1.807, 2.05) is 6.20 Å². The number of rotatable bonds is 10. The van der Waals surface area contributed by atoms with Gasteiger partial charge in [-0.15, -0.1) is 0 Å². The molecule has 0 unspecified atom stereocenters. The second-order valence-corrected chi connectivity index (χ2v) is 24.0. The fourth-order valence-electron chi connectivity index (χ4n) is 10.1. The van der Waals surface area contributed by atoms with Crippen LogP contribution < -0.4 is 14.5 Å². The molecular weight excluding hydrogens is 853 g/mol. The number of hydrogen-bond donors (Lipinski definition) is 0. The number of benzene rings is 6. The van der Waals surface area contributed by atoms with Gasteiger partial charge in [-0.1, -0.05) is 165 Å². The summed E-state index contributed by atoms with van der Waals surface area (Å²) in [6.45, 7) is 35.1. The standard InChI is InChI=1S/C65H74N4O/c1-42(2)54-22-19-23-55(43(3)4)61(54)44-32-50(67-30-31-68(41-67)51-35-48(64(11,12)13)34-49(36-51)65(14,15)45-20-17-16-18-21-45)39-53(33-44)70-52-25-26-56-57-37-46(62(5,6)7)24-27-58(57)69(59(56)40-52)60-38-47(28-29-66-60)63(8,9)10/h16-40,42-43H,41H2,1-15H3. The molecular formula is C65H74N4O. The molecule has 0 aliphatic carbocycles. The first-order valence-electron chi connectivity index (χ1n) is 25.4. The van der Waals surface area contributed by atoms with Crippen molar-refractivity contribution in [1.82, 2.24) is 9.55 Å². The Labute approximate surface area is 418 Å². The molecule has 0 saturated carbocycles. The van der Waals surface area contributed by atoms with Crippen LogP contribution in [0.25, 0.3) is 38.8 Å². The minimum atomic E-state index is -0.182. The molecule has 0 bridgehead atoms. The molecule has 8 aromatic rings. The molecule has 0 saturated heterocycles. The van der Waals surface area contributed by atoms with E-state index >= 15 is 0 Å². The topological polar surface area (TPSA) is 33.5 Å². The second kappa shape index (κ2) is 18.0. The molecule has 0 amide bonds. The van der Waals surface area contributed by atoms with Crippen LogP contribution in [-0.2, 0) is 21.7 Å². The van der Waals surface area contributed by atoms with Crippen molar-refractivity contribution in [2.24, 2.45) is 0 Å². The Hall–Kier alpha value is -6.59. The van der Waals surface area contributed by atoms with Crippen molar-refractivity contribution in [3.63, 3.8) is 0 Å². The van der Waals surface area contributed by atoms with Crippen molar-refractivity contribution in [3.05, 3.63) is 191 Å². The number of hydrogen-bond acceptors (Lipinski definition) is 4. The summed E-state index contributed by atoms with van der Waals surface area (Å²) >= 11 is 0. The molecule has 70 heavy (non-hydrogen) atoms. The number of anilines is 2. The van der Waals surface area contributed by atoms with Gasteiger partial charge in [-0.3, -0.25) is 4.57 Å². The van der Waals surface area contributed by atoms with Gasteiger partial charge in [0.15, 0.2) is 0 Å². The zero-order valence-corrected chi connectivity index (χ0v) is 44.5. The van der Waals surface area contributed by atoms with Gasteiger partial charge in [-0.25, -0.2) is 4.98 Å². The SMILES string of the molecule is CC(C)c1cccc(C(C)C)c1-c1cc(Oc2ccc3c4cc(C(C)(C)C)ccc4n(-c4cc(C(C)(C)C)ccn4)c3c2)cc(N2C=CN(c3cc(C(C)(C)C)cc(C(C)(C)c4ccccc4)c3)C2)c1. The fourth-order valence-corrected chi connectivity index (χ4v) is 10.1. The molecule has 2 aromatic heterocycles. The molecule has 0 radical (unpaired) electrons. The lowest BCUT2D eigenvalue weighted by Crippen LogP contribution is -2.26. The van der Waals surface area contributed by atoms with E-state index in [-0.39, 0.29) is 21.7 Å². The molecule has 5 nitrogen and oxygen atoms in total. The molecule has 0 atom stereocenters. The van der Waals surface area contributed by atoms with Crippen LogP contribution in [0, 0.1) is 0 Å². The normalized spacial score (nSPS) is 13.7. The number of ether oxygens (including phenoxy) is 1. The van der Waals surface area contributed by atoms with E-state index < -0.39 is 0 Å². The molecule has 3 heterocycles. The first-order chi connectivity index (χ1) is 33.0. The average Bonchev–Trinajstić information content (AvgIpc) is 3.94. The van der Waals surface area contributed by atoms with Crippen molar-refractivity contribution < 1.29 is 4.74 Å². The van der Waals surface area contributed by atoms with E-state index in [4.69, 9.17) is 9.72 Å². The Morgan fingerprint density at radius 2 is 1.09 bits per heavy atom. The number of aromatic nitrogens is 2. The minimum Gasteiger partial charge on any atom is -0.457 e. The van der Waals surface area contributed by atoms with Crippen LogP contribution >= 0.6 is 0 Å². The third-order valence-corrected chi connectivity index (χ3v) is 14.6. The zero-order chi connectivity index (χ0) is 50.1. The van der Waals surface area contributed by atoms with Crippen LogP contribution in [-0.4, -0.2) is 16.2 Å². The van der Waals surface area contributed by atoms with E-state index in [2.05, 4.69) is 264 Å². The van der Waals surface area contributed by atoms with Crippen LogP contribution in [0.3, 0.4) is 0 Å². The van der Waals surface area contributed by atoms with Crippen molar-refractivity contribution in [2.75, 3.05) is 16.5 Å². The van der Waals surface area contributed by atoms with Crippen molar-refractivity contribution in [2.45, 2.75) is 137 Å². The Morgan fingerprint density at radius 1 is 0.471 bits per heavy atom. The molecule has 6 aromatic carbocycles. The number of nitrogens with zero attached hydrogens (tertiary/aromatic N) is 4. The summed E-state index contributed by atoms with van der Waals surface area (Å²) in [5.74, 6) is 3.14. The third-order valence-electron chi connectivity index (χ3n) is 14.6. The molecule has 0 fully saturated rings. The van der Waals surface area contributed by atoms with Crippen LogP contribution in [0.1, 0.15) is 155 Å². The highest BCUT2D eigenvalue weighted by Crippen LogP contribution is 2.44. The van der Waals surface area contributed by atoms with Crippen molar-refractivity contribution in [1.29, 1.82) is 0 Å². The summed E-state index contributed by atoms with van der Waals surface area (Å²) in [6, 6.07) is 49.6. The van der Waals surface area contributed by atoms with Gasteiger partial charge in [-0.05, 0) is 139 Å². The lowest BCUT2D eigenvalue weighted by atomic mass is 9.75. The summed E-state index contributed by atoms with van der Waals surface area (Å²) in [4.78, 5) is 9.75. The van der Waals surface area contributed by atoms with Crippen LogP contribution in [0.5, 0.6) is 11.5 Å². The quantitative estimate of drug-likeness (QED) is 0.137. The minimum absolute atomic E-state index is 0.00264. The van der Waals surface area contributed by atoms with E-state index in [1.165, 1.54) is 61.0 Å². The summed E-state index contributed by atoms with van der Waals surface area (Å²) in [7, 11) is 0. The number of fused-ring (bicyclic) bond motifs is 3. The van der Waals surface area contributed by atoms with Gasteiger partial charge in [0.05, 0.1) is 17.7 Å². The van der Waals surface area contributed by atoms with E-state index in [0.717, 1.165) is 39.6 Å². The Kier molecular flexibility index (Phi) is 12.4. The highest BCUT2D eigenvalue weighted by atomic mass is 16.5. The van der Waals surface area contributed by atoms with E-state index in [0.29, 0.717) is 18.5 Å². The molecule has 0 N–H and O–H groups in total. The second-order valence-electron chi connectivity index (χ2n) is 24.0. The molecule has 360 valence electrons. The Bertz CT molecular complexity index is 3230. The van der Waals surface area contributed by atoms with Gasteiger partial charge in [0.1, 0.15) is 17.3 Å². The van der Waals surface area contributed by atoms with Crippen LogP contribution in [0.2, 0.25) is 0 Å². The Morgan fingerprint density at radius 3 is 1.71 bits per heavy atom.